The Morgan fingerprint density at radius 3 is 2.24 bits per heavy atom. The average molecular weight is 525 g/mol. The smallest absolute Gasteiger partial charge is 0.336 e. The van der Waals surface area contributed by atoms with Crippen molar-refractivity contribution in [1.82, 2.24) is 9.88 Å². The molecule has 2 heterocycles. The zero-order valence-corrected chi connectivity index (χ0v) is 23.0. The van der Waals surface area contributed by atoms with Crippen molar-refractivity contribution in [3.63, 3.8) is 0 Å². The fourth-order valence-electron chi connectivity index (χ4n) is 5.14. The molecule has 9 heteroatoms. The number of aromatic nitrogens is 1. The molecule has 1 saturated heterocycles. The molecule has 0 bridgehead atoms. The van der Waals surface area contributed by atoms with E-state index in [4.69, 9.17) is 4.98 Å². The fraction of sp³-hybridized carbons (Fsp3) is 0.429. The summed E-state index contributed by atoms with van der Waals surface area (Å²) < 4.78 is 28.6. The predicted octanol–water partition coefficient (Wildman–Crippen LogP) is 4.91. The molecule has 8 nitrogen and oxygen atoms in total. The third kappa shape index (κ3) is 6.22. The molecule has 1 fully saturated rings. The number of hydrogen-bond donors (Lipinski definition) is 2. The summed E-state index contributed by atoms with van der Waals surface area (Å²) in [6, 6.07) is 12.1. The van der Waals surface area contributed by atoms with Gasteiger partial charge in [0.15, 0.2) is 0 Å². The lowest BCUT2D eigenvalue weighted by Crippen LogP contribution is -2.50. The Labute approximate surface area is 219 Å². The van der Waals surface area contributed by atoms with E-state index in [2.05, 4.69) is 35.3 Å². The second-order valence-corrected chi connectivity index (χ2v) is 12.2. The number of nitrogens with zero attached hydrogens (tertiary/aromatic N) is 3. The number of nitrogens with one attached hydrogen (secondary N) is 1. The number of carboxylic acid groups (broad SMARTS) is 1. The highest BCUT2D eigenvalue weighted by atomic mass is 32.2. The van der Waals surface area contributed by atoms with Crippen LogP contribution in [0.5, 0.6) is 0 Å². The molecule has 2 N–H and O–H groups in total. The van der Waals surface area contributed by atoms with Gasteiger partial charge >= 0.3 is 5.97 Å². The van der Waals surface area contributed by atoms with Gasteiger partial charge in [-0.25, -0.2) is 18.2 Å². The van der Waals surface area contributed by atoms with E-state index in [0.717, 1.165) is 43.7 Å². The van der Waals surface area contributed by atoms with Crippen LogP contribution in [0.1, 0.15) is 48.7 Å². The van der Waals surface area contributed by atoms with Crippen LogP contribution in [0.3, 0.4) is 0 Å². The largest absolute Gasteiger partial charge is 0.478 e. The van der Waals surface area contributed by atoms with Crippen molar-refractivity contribution >= 4 is 38.4 Å². The third-order valence-electron chi connectivity index (χ3n) is 6.86. The van der Waals surface area contributed by atoms with Gasteiger partial charge in [0.1, 0.15) is 5.82 Å². The van der Waals surface area contributed by atoms with Crippen LogP contribution in [0.25, 0.3) is 10.9 Å². The Kier molecular flexibility index (Phi) is 7.75. The number of rotatable bonds is 8. The van der Waals surface area contributed by atoms with Gasteiger partial charge in [-0.05, 0) is 80.6 Å². The fourth-order valence-corrected chi connectivity index (χ4v) is 6.38. The summed E-state index contributed by atoms with van der Waals surface area (Å²) in [6.45, 7) is 13.8. The van der Waals surface area contributed by atoms with Crippen LogP contribution < -0.4 is 9.62 Å². The van der Waals surface area contributed by atoms with Gasteiger partial charge in [-0.2, -0.15) is 0 Å². The summed E-state index contributed by atoms with van der Waals surface area (Å²) in [5, 5.41) is 10.4. The lowest BCUT2D eigenvalue weighted by molar-refractivity contribution is 0.0699. The van der Waals surface area contributed by atoms with Crippen molar-refractivity contribution in [2.24, 2.45) is 5.92 Å². The number of aromatic carboxylic acids is 1. The summed E-state index contributed by atoms with van der Waals surface area (Å²) in [5.41, 5.74) is 2.59. The highest BCUT2D eigenvalue weighted by Crippen LogP contribution is 2.28. The maximum absolute atomic E-state index is 13.0. The number of anilines is 2. The number of aryl methyl sites for hydroxylation is 2. The Hall–Kier alpha value is -3.17. The number of hydrogen-bond acceptors (Lipinski definition) is 6. The molecule has 0 spiro atoms. The zero-order valence-electron chi connectivity index (χ0n) is 22.2. The molecule has 3 aromatic rings. The summed E-state index contributed by atoms with van der Waals surface area (Å²) in [4.78, 5) is 21.7. The van der Waals surface area contributed by atoms with E-state index in [9.17, 15) is 18.3 Å². The second-order valence-electron chi connectivity index (χ2n) is 10.5. The highest BCUT2D eigenvalue weighted by Gasteiger charge is 2.24. The Balaban J connectivity index is 1.59. The Bertz CT molecular complexity index is 1390. The molecule has 0 unspecified atom stereocenters. The standard InChI is InChI=1S/C28H36N4O4S/c1-18(2)12-21(5)31-8-10-32(11-9-31)27-17-25(28(33)34)24-16-22(6-7-26(24)29-27)30-37(35,36)23-14-19(3)13-20(4)15-23/h6-7,13-18,21,30H,8-12H2,1-5H3,(H,33,34)/t21-/m0/s1. The van der Waals surface area contributed by atoms with Crippen molar-refractivity contribution in [2.45, 2.75) is 52.0 Å². The SMILES string of the molecule is Cc1cc(C)cc(S(=O)(=O)Nc2ccc3nc(N4CCN([C@@H](C)CC(C)C)CC4)cc(C(=O)O)c3c2)c1. The molecule has 37 heavy (non-hydrogen) atoms. The number of benzene rings is 2. The van der Waals surface area contributed by atoms with Crippen molar-refractivity contribution < 1.29 is 18.3 Å². The molecule has 0 aliphatic carbocycles. The summed E-state index contributed by atoms with van der Waals surface area (Å²) >= 11 is 0. The third-order valence-corrected chi connectivity index (χ3v) is 8.22. The number of carbonyl (C=O) groups is 1. The molecule has 4 rings (SSSR count). The molecule has 198 valence electrons. The first-order valence-electron chi connectivity index (χ1n) is 12.7. The maximum atomic E-state index is 13.0. The molecular formula is C28H36N4O4S. The Morgan fingerprint density at radius 1 is 1.00 bits per heavy atom. The maximum Gasteiger partial charge on any atom is 0.336 e. The van der Waals surface area contributed by atoms with E-state index in [1.165, 1.54) is 0 Å². The van der Waals surface area contributed by atoms with Crippen LogP contribution in [0.15, 0.2) is 47.4 Å². The van der Waals surface area contributed by atoms with Crippen LogP contribution in [0.2, 0.25) is 0 Å². The molecule has 0 amide bonds. The van der Waals surface area contributed by atoms with Gasteiger partial charge in [-0.1, -0.05) is 19.9 Å². The van der Waals surface area contributed by atoms with Crippen LogP contribution in [-0.4, -0.2) is 61.6 Å². The number of sulfonamides is 1. The van der Waals surface area contributed by atoms with Gasteiger partial charge in [0.05, 0.1) is 16.0 Å². The lowest BCUT2D eigenvalue weighted by Gasteiger charge is -2.39. The molecule has 1 aromatic heterocycles. The molecule has 0 radical (unpaired) electrons. The van der Waals surface area contributed by atoms with Crippen LogP contribution in [0, 0.1) is 19.8 Å². The van der Waals surface area contributed by atoms with E-state index < -0.39 is 16.0 Å². The minimum absolute atomic E-state index is 0.100. The summed E-state index contributed by atoms with van der Waals surface area (Å²) in [6.07, 6.45) is 1.15. The first kappa shape index (κ1) is 26.9. The molecule has 1 atom stereocenters. The molecule has 1 aliphatic rings. The van der Waals surface area contributed by atoms with Gasteiger partial charge in [0.2, 0.25) is 0 Å². The van der Waals surface area contributed by atoms with Crippen molar-refractivity contribution in [1.29, 1.82) is 0 Å². The van der Waals surface area contributed by atoms with Crippen LogP contribution >= 0.6 is 0 Å². The first-order chi connectivity index (χ1) is 17.4. The lowest BCUT2D eigenvalue weighted by atomic mass is 10.0. The predicted molar refractivity (Wildman–Crippen MR) is 148 cm³/mol. The highest BCUT2D eigenvalue weighted by molar-refractivity contribution is 7.92. The number of fused-ring (bicyclic) bond motifs is 1. The van der Waals surface area contributed by atoms with Gasteiger partial charge in [0.25, 0.3) is 10.0 Å². The van der Waals surface area contributed by atoms with Crippen molar-refractivity contribution in [3.05, 3.63) is 59.2 Å². The minimum Gasteiger partial charge on any atom is -0.478 e. The van der Waals surface area contributed by atoms with Crippen LogP contribution in [-0.2, 0) is 10.0 Å². The quantitative estimate of drug-likeness (QED) is 0.432. The minimum atomic E-state index is -3.84. The van der Waals surface area contributed by atoms with E-state index in [0.29, 0.717) is 28.7 Å². The monoisotopic (exact) mass is 524 g/mol. The van der Waals surface area contributed by atoms with Gasteiger partial charge in [-0.15, -0.1) is 0 Å². The average Bonchev–Trinajstić information content (AvgIpc) is 2.82. The Morgan fingerprint density at radius 2 is 1.65 bits per heavy atom. The normalized spacial score (nSPS) is 15.8. The van der Waals surface area contributed by atoms with E-state index in [-0.39, 0.29) is 16.1 Å². The van der Waals surface area contributed by atoms with E-state index in [1.807, 2.05) is 19.9 Å². The number of carboxylic acids is 1. The number of pyridine rings is 1. The number of piperazine rings is 1. The second kappa shape index (κ2) is 10.7. The molecule has 0 saturated carbocycles. The van der Waals surface area contributed by atoms with Gasteiger partial charge in [-0.3, -0.25) is 9.62 Å². The van der Waals surface area contributed by atoms with Crippen molar-refractivity contribution in [2.75, 3.05) is 35.8 Å². The zero-order chi connectivity index (χ0) is 26.9. The van der Waals surface area contributed by atoms with Gasteiger partial charge < -0.3 is 10.0 Å². The van der Waals surface area contributed by atoms with E-state index in [1.54, 1.807) is 36.4 Å². The van der Waals surface area contributed by atoms with Crippen LogP contribution in [0.4, 0.5) is 11.5 Å². The summed E-state index contributed by atoms with van der Waals surface area (Å²) in [7, 11) is -3.84. The summed E-state index contributed by atoms with van der Waals surface area (Å²) in [5.74, 6) is 0.195. The molecule has 2 aromatic carbocycles. The first-order valence-corrected chi connectivity index (χ1v) is 14.2. The van der Waals surface area contributed by atoms with E-state index >= 15 is 0 Å². The topological polar surface area (TPSA) is 103 Å². The molecular weight excluding hydrogens is 488 g/mol. The van der Waals surface area contributed by atoms with Gasteiger partial charge in [0, 0.05) is 43.3 Å². The molecule has 1 aliphatic heterocycles. The van der Waals surface area contributed by atoms with Crippen molar-refractivity contribution in [3.8, 4) is 0 Å².